The van der Waals surface area contributed by atoms with Crippen LogP contribution in [0.1, 0.15) is 28.7 Å². The van der Waals surface area contributed by atoms with Gasteiger partial charge < -0.3 is 14.6 Å². The van der Waals surface area contributed by atoms with Crippen molar-refractivity contribution in [1.82, 2.24) is 14.9 Å². The molecular weight excluding hydrogens is 330 g/mol. The van der Waals surface area contributed by atoms with Gasteiger partial charge in [-0.15, -0.1) is 0 Å². The van der Waals surface area contributed by atoms with Gasteiger partial charge in [-0.2, -0.15) is 0 Å². The van der Waals surface area contributed by atoms with E-state index in [0.29, 0.717) is 18.0 Å². The largest absolute Gasteiger partial charge is 0.465 e. The minimum atomic E-state index is -0.332. The highest BCUT2D eigenvalue weighted by Gasteiger charge is 2.15. The van der Waals surface area contributed by atoms with Gasteiger partial charge >= 0.3 is 5.97 Å². The van der Waals surface area contributed by atoms with Gasteiger partial charge in [0.05, 0.1) is 24.2 Å². The van der Waals surface area contributed by atoms with E-state index in [1.807, 2.05) is 43.3 Å². The highest BCUT2D eigenvalue weighted by atomic mass is 16.5. The maximum atomic E-state index is 12.3. The minimum Gasteiger partial charge on any atom is -0.465 e. The summed E-state index contributed by atoms with van der Waals surface area (Å²) in [5.41, 5.74) is 3.29. The SMILES string of the molecule is CCOC(=O)Cn1c(CNC(=O)c2ccc(C)cc2)nc2ccccc21. The van der Waals surface area contributed by atoms with E-state index in [9.17, 15) is 9.59 Å². The Hall–Kier alpha value is -3.15. The summed E-state index contributed by atoms with van der Waals surface area (Å²) in [6.45, 7) is 4.35. The van der Waals surface area contributed by atoms with Crippen molar-refractivity contribution >= 4 is 22.9 Å². The maximum absolute atomic E-state index is 12.3. The second-order valence-corrected chi connectivity index (χ2v) is 5.96. The number of amides is 1. The average molecular weight is 351 g/mol. The predicted octanol–water partition coefficient (Wildman–Crippen LogP) is 2.84. The van der Waals surface area contributed by atoms with Crippen LogP contribution in [0.25, 0.3) is 11.0 Å². The van der Waals surface area contributed by atoms with Crippen LogP contribution in [0.15, 0.2) is 48.5 Å². The molecule has 0 saturated carbocycles. The van der Waals surface area contributed by atoms with Crippen LogP contribution in [-0.2, 0) is 22.6 Å². The van der Waals surface area contributed by atoms with Crippen LogP contribution >= 0.6 is 0 Å². The number of rotatable bonds is 6. The molecule has 0 saturated heterocycles. The summed E-state index contributed by atoms with van der Waals surface area (Å²) in [6, 6.07) is 14.9. The number of hydrogen-bond acceptors (Lipinski definition) is 4. The molecule has 0 spiro atoms. The first-order valence-corrected chi connectivity index (χ1v) is 8.53. The molecule has 134 valence electrons. The molecule has 0 aliphatic carbocycles. The lowest BCUT2D eigenvalue weighted by Crippen LogP contribution is -2.25. The summed E-state index contributed by atoms with van der Waals surface area (Å²) in [5.74, 6) is 0.0984. The molecule has 0 fully saturated rings. The standard InChI is InChI=1S/C20H21N3O3/c1-3-26-19(24)13-23-17-7-5-4-6-16(17)22-18(23)12-21-20(25)15-10-8-14(2)9-11-15/h4-11H,3,12-13H2,1-2H3,(H,21,25). The van der Waals surface area contributed by atoms with Crippen LogP contribution in [0.4, 0.5) is 0 Å². The second kappa shape index (κ2) is 7.82. The van der Waals surface area contributed by atoms with E-state index in [1.165, 1.54) is 0 Å². The fraction of sp³-hybridized carbons (Fsp3) is 0.250. The summed E-state index contributed by atoms with van der Waals surface area (Å²) in [5, 5.41) is 2.87. The molecule has 26 heavy (non-hydrogen) atoms. The molecule has 0 radical (unpaired) electrons. The van der Waals surface area contributed by atoms with Gasteiger partial charge in [0.25, 0.3) is 5.91 Å². The number of esters is 1. The number of carbonyl (C=O) groups is 2. The molecule has 1 amide bonds. The molecule has 2 aromatic carbocycles. The number of nitrogens with zero attached hydrogens (tertiary/aromatic N) is 2. The van der Waals surface area contributed by atoms with Gasteiger partial charge in [0, 0.05) is 5.56 Å². The lowest BCUT2D eigenvalue weighted by molar-refractivity contribution is -0.143. The van der Waals surface area contributed by atoms with E-state index < -0.39 is 0 Å². The zero-order valence-corrected chi connectivity index (χ0v) is 14.9. The van der Waals surface area contributed by atoms with Crippen molar-refractivity contribution in [2.24, 2.45) is 0 Å². The number of ether oxygens (including phenoxy) is 1. The first-order valence-electron chi connectivity index (χ1n) is 8.53. The molecule has 0 aliphatic heterocycles. The zero-order valence-electron chi connectivity index (χ0n) is 14.9. The number of hydrogen-bond donors (Lipinski definition) is 1. The molecule has 0 unspecified atom stereocenters. The number of imidazole rings is 1. The third-order valence-electron chi connectivity index (χ3n) is 4.05. The molecular formula is C20H21N3O3. The highest BCUT2D eigenvalue weighted by Crippen LogP contribution is 2.16. The predicted molar refractivity (Wildman–Crippen MR) is 98.7 cm³/mol. The maximum Gasteiger partial charge on any atom is 0.326 e. The summed E-state index contributed by atoms with van der Waals surface area (Å²) >= 11 is 0. The van der Waals surface area contributed by atoms with Crippen molar-refractivity contribution in [2.75, 3.05) is 6.61 Å². The van der Waals surface area contributed by atoms with E-state index in [2.05, 4.69) is 10.3 Å². The molecule has 3 aromatic rings. The Bertz CT molecular complexity index is 929. The van der Waals surface area contributed by atoms with Crippen molar-refractivity contribution in [3.63, 3.8) is 0 Å². The Morgan fingerprint density at radius 2 is 1.85 bits per heavy atom. The number of aryl methyl sites for hydroxylation is 1. The number of aromatic nitrogens is 2. The Morgan fingerprint density at radius 3 is 2.58 bits per heavy atom. The van der Waals surface area contributed by atoms with Gasteiger partial charge in [0.1, 0.15) is 12.4 Å². The molecule has 6 heteroatoms. The third-order valence-corrected chi connectivity index (χ3v) is 4.05. The Morgan fingerprint density at radius 1 is 1.12 bits per heavy atom. The van der Waals surface area contributed by atoms with Gasteiger partial charge in [0.2, 0.25) is 0 Å². The number of benzene rings is 2. The topological polar surface area (TPSA) is 73.2 Å². The average Bonchev–Trinajstić information content (AvgIpc) is 2.98. The van der Waals surface area contributed by atoms with E-state index >= 15 is 0 Å². The van der Waals surface area contributed by atoms with Crippen LogP contribution in [-0.4, -0.2) is 28.0 Å². The van der Waals surface area contributed by atoms with Gasteiger partial charge in [-0.3, -0.25) is 9.59 Å². The molecule has 1 aromatic heterocycles. The number of para-hydroxylation sites is 2. The van der Waals surface area contributed by atoms with E-state index in [1.54, 1.807) is 23.6 Å². The Kier molecular flexibility index (Phi) is 5.31. The molecule has 6 nitrogen and oxygen atoms in total. The van der Waals surface area contributed by atoms with Crippen molar-refractivity contribution in [3.05, 3.63) is 65.5 Å². The minimum absolute atomic E-state index is 0.0596. The van der Waals surface area contributed by atoms with Crippen LogP contribution in [0.2, 0.25) is 0 Å². The zero-order chi connectivity index (χ0) is 18.5. The molecule has 0 bridgehead atoms. The van der Waals surface area contributed by atoms with E-state index in [4.69, 9.17) is 4.74 Å². The smallest absolute Gasteiger partial charge is 0.326 e. The summed E-state index contributed by atoms with van der Waals surface area (Å²) in [7, 11) is 0. The Balaban J connectivity index is 1.81. The molecule has 0 atom stereocenters. The highest BCUT2D eigenvalue weighted by molar-refractivity contribution is 5.94. The van der Waals surface area contributed by atoms with Gasteiger partial charge in [-0.25, -0.2) is 4.98 Å². The Labute approximate surface area is 151 Å². The quantitative estimate of drug-likeness (QED) is 0.693. The summed E-state index contributed by atoms with van der Waals surface area (Å²) in [6.07, 6.45) is 0. The van der Waals surface area contributed by atoms with Crippen molar-refractivity contribution in [1.29, 1.82) is 0 Å². The molecule has 1 N–H and O–H groups in total. The molecule has 3 rings (SSSR count). The van der Waals surface area contributed by atoms with E-state index in [0.717, 1.165) is 16.6 Å². The fourth-order valence-electron chi connectivity index (χ4n) is 2.74. The van der Waals surface area contributed by atoms with Crippen molar-refractivity contribution in [2.45, 2.75) is 26.9 Å². The first kappa shape index (κ1) is 17.7. The second-order valence-electron chi connectivity index (χ2n) is 5.96. The van der Waals surface area contributed by atoms with E-state index in [-0.39, 0.29) is 25.0 Å². The summed E-state index contributed by atoms with van der Waals surface area (Å²) in [4.78, 5) is 28.8. The van der Waals surface area contributed by atoms with Gasteiger partial charge in [-0.05, 0) is 38.1 Å². The monoisotopic (exact) mass is 351 g/mol. The lowest BCUT2D eigenvalue weighted by atomic mass is 10.1. The normalized spacial score (nSPS) is 10.7. The summed E-state index contributed by atoms with van der Waals surface area (Å²) < 4.78 is 6.83. The van der Waals surface area contributed by atoms with Crippen LogP contribution < -0.4 is 5.32 Å². The van der Waals surface area contributed by atoms with Crippen molar-refractivity contribution in [3.8, 4) is 0 Å². The van der Waals surface area contributed by atoms with Gasteiger partial charge in [0.15, 0.2) is 0 Å². The van der Waals surface area contributed by atoms with Crippen LogP contribution in [0, 0.1) is 6.92 Å². The van der Waals surface area contributed by atoms with Crippen LogP contribution in [0.5, 0.6) is 0 Å². The lowest BCUT2D eigenvalue weighted by Gasteiger charge is -2.10. The van der Waals surface area contributed by atoms with Crippen LogP contribution in [0.3, 0.4) is 0 Å². The number of carbonyl (C=O) groups excluding carboxylic acids is 2. The first-order chi connectivity index (χ1) is 12.6. The number of fused-ring (bicyclic) bond motifs is 1. The fourth-order valence-corrected chi connectivity index (χ4v) is 2.74. The molecule has 1 heterocycles. The van der Waals surface area contributed by atoms with Crippen molar-refractivity contribution < 1.29 is 14.3 Å². The van der Waals surface area contributed by atoms with Gasteiger partial charge in [-0.1, -0.05) is 29.8 Å². The third kappa shape index (κ3) is 3.91. The number of nitrogens with one attached hydrogen (secondary N) is 1. The molecule has 0 aliphatic rings.